The van der Waals surface area contributed by atoms with Gasteiger partial charge in [-0.1, -0.05) is 12.1 Å². The first-order valence-electron chi connectivity index (χ1n) is 5.82. The molecule has 0 unspecified atom stereocenters. The van der Waals surface area contributed by atoms with Crippen LogP contribution in [0.15, 0.2) is 30.3 Å². The van der Waals surface area contributed by atoms with Crippen LogP contribution in [0.4, 0.5) is 0 Å². The largest absolute Gasteiger partial charge is 0.374 e. The maximum absolute atomic E-state index is 5.69. The van der Waals surface area contributed by atoms with Crippen molar-refractivity contribution in [2.24, 2.45) is 0 Å². The third-order valence-electron chi connectivity index (χ3n) is 3.15. The Morgan fingerprint density at radius 1 is 1.25 bits per heavy atom. The molecule has 2 nitrogen and oxygen atoms in total. The molecule has 1 aliphatic heterocycles. The van der Waals surface area contributed by atoms with E-state index in [9.17, 15) is 0 Å². The number of fused-ring (bicyclic) bond motifs is 1. The van der Waals surface area contributed by atoms with Crippen LogP contribution in [-0.2, 0) is 4.74 Å². The number of pyridine rings is 1. The van der Waals surface area contributed by atoms with Crippen LogP contribution in [0.3, 0.4) is 0 Å². The van der Waals surface area contributed by atoms with Crippen molar-refractivity contribution in [1.29, 1.82) is 0 Å². The van der Waals surface area contributed by atoms with Gasteiger partial charge in [-0.3, -0.25) is 4.98 Å². The molecule has 1 saturated heterocycles. The summed E-state index contributed by atoms with van der Waals surface area (Å²) in [7, 11) is 0. The molecular weight excluding hydrogens is 198 g/mol. The van der Waals surface area contributed by atoms with Crippen LogP contribution >= 0.6 is 0 Å². The van der Waals surface area contributed by atoms with Crippen molar-refractivity contribution in [2.45, 2.75) is 25.9 Å². The molecular formula is C14H15NO. The fourth-order valence-electron chi connectivity index (χ4n) is 2.29. The lowest BCUT2D eigenvalue weighted by molar-refractivity contribution is 0.112. The molecule has 3 rings (SSSR count). The van der Waals surface area contributed by atoms with Crippen molar-refractivity contribution >= 4 is 10.9 Å². The molecule has 0 radical (unpaired) electrons. The molecule has 0 aliphatic carbocycles. The van der Waals surface area contributed by atoms with Crippen LogP contribution in [0.1, 0.15) is 30.2 Å². The number of hydrogen-bond donors (Lipinski definition) is 0. The van der Waals surface area contributed by atoms with Crippen molar-refractivity contribution in [1.82, 2.24) is 4.98 Å². The highest BCUT2D eigenvalue weighted by Crippen LogP contribution is 2.30. The standard InChI is InChI=1S/C14H15NO/c1-10-4-5-11-9-12(6-7-13(11)15-10)14-3-2-8-16-14/h4-7,9,14H,2-3,8H2,1H3/t14-/m1/s1. The molecule has 0 amide bonds. The van der Waals surface area contributed by atoms with Crippen LogP contribution in [0, 0.1) is 6.92 Å². The fourth-order valence-corrected chi connectivity index (χ4v) is 2.29. The molecule has 1 aromatic carbocycles. The van der Waals surface area contributed by atoms with Crippen molar-refractivity contribution in [3.8, 4) is 0 Å². The molecule has 0 saturated carbocycles. The van der Waals surface area contributed by atoms with Gasteiger partial charge < -0.3 is 4.74 Å². The van der Waals surface area contributed by atoms with Crippen LogP contribution in [0.2, 0.25) is 0 Å². The highest BCUT2D eigenvalue weighted by Gasteiger charge is 2.17. The number of benzene rings is 1. The lowest BCUT2D eigenvalue weighted by atomic mass is 10.0. The molecule has 1 atom stereocenters. The van der Waals surface area contributed by atoms with Crippen molar-refractivity contribution in [3.05, 3.63) is 41.6 Å². The molecule has 82 valence electrons. The molecule has 2 aromatic rings. The summed E-state index contributed by atoms with van der Waals surface area (Å²) in [6.07, 6.45) is 2.62. The van der Waals surface area contributed by atoms with Crippen LogP contribution in [0.5, 0.6) is 0 Å². The Morgan fingerprint density at radius 3 is 3.00 bits per heavy atom. The fraction of sp³-hybridized carbons (Fsp3) is 0.357. The Labute approximate surface area is 95.3 Å². The summed E-state index contributed by atoms with van der Waals surface area (Å²) in [5.41, 5.74) is 3.43. The summed E-state index contributed by atoms with van der Waals surface area (Å²) in [5, 5.41) is 1.21. The average molecular weight is 213 g/mol. The summed E-state index contributed by atoms with van der Waals surface area (Å²) in [5.74, 6) is 0. The van der Waals surface area contributed by atoms with E-state index in [-0.39, 0.29) is 0 Å². The van der Waals surface area contributed by atoms with Crippen molar-refractivity contribution in [2.75, 3.05) is 6.61 Å². The Kier molecular flexibility index (Phi) is 2.37. The smallest absolute Gasteiger partial charge is 0.0826 e. The predicted octanol–water partition coefficient (Wildman–Crippen LogP) is 3.39. The summed E-state index contributed by atoms with van der Waals surface area (Å²) in [6.45, 7) is 2.92. The lowest BCUT2D eigenvalue weighted by Gasteiger charge is -2.10. The Balaban J connectivity index is 2.05. The monoisotopic (exact) mass is 213 g/mol. The summed E-state index contributed by atoms with van der Waals surface area (Å²) < 4.78 is 5.69. The summed E-state index contributed by atoms with van der Waals surface area (Å²) in [4.78, 5) is 4.50. The van der Waals surface area contributed by atoms with Gasteiger partial charge in [0.1, 0.15) is 0 Å². The van der Waals surface area contributed by atoms with Crippen LogP contribution in [-0.4, -0.2) is 11.6 Å². The van der Waals surface area contributed by atoms with E-state index in [0.717, 1.165) is 24.2 Å². The van der Waals surface area contributed by atoms with Crippen LogP contribution < -0.4 is 0 Å². The van der Waals surface area contributed by atoms with Gasteiger partial charge in [0.25, 0.3) is 0 Å². The number of aryl methyl sites for hydroxylation is 1. The van der Waals surface area contributed by atoms with Gasteiger partial charge in [-0.15, -0.1) is 0 Å². The Hall–Kier alpha value is -1.41. The molecule has 16 heavy (non-hydrogen) atoms. The zero-order valence-corrected chi connectivity index (χ0v) is 9.44. The molecule has 0 N–H and O–H groups in total. The number of aromatic nitrogens is 1. The maximum atomic E-state index is 5.69. The minimum absolute atomic E-state index is 0.297. The Morgan fingerprint density at radius 2 is 2.19 bits per heavy atom. The van der Waals surface area contributed by atoms with E-state index in [0.29, 0.717) is 6.10 Å². The van der Waals surface area contributed by atoms with Gasteiger partial charge in [-0.25, -0.2) is 0 Å². The number of hydrogen-bond acceptors (Lipinski definition) is 2. The summed E-state index contributed by atoms with van der Waals surface area (Å²) >= 11 is 0. The van der Waals surface area contributed by atoms with E-state index >= 15 is 0 Å². The van der Waals surface area contributed by atoms with Gasteiger partial charge in [0.15, 0.2) is 0 Å². The van der Waals surface area contributed by atoms with Crippen LogP contribution in [0.25, 0.3) is 10.9 Å². The van der Waals surface area contributed by atoms with E-state index < -0.39 is 0 Å². The van der Waals surface area contributed by atoms with Gasteiger partial charge >= 0.3 is 0 Å². The minimum Gasteiger partial charge on any atom is -0.374 e. The Bertz CT molecular complexity index is 515. The average Bonchev–Trinajstić information content (AvgIpc) is 2.82. The van der Waals surface area contributed by atoms with E-state index in [1.807, 2.05) is 6.92 Å². The molecule has 2 heteroatoms. The SMILES string of the molecule is Cc1ccc2cc([C@H]3CCCO3)ccc2n1. The second-order valence-corrected chi connectivity index (χ2v) is 4.41. The normalized spacial score (nSPS) is 20.4. The maximum Gasteiger partial charge on any atom is 0.0826 e. The van der Waals surface area contributed by atoms with E-state index in [2.05, 4.69) is 35.3 Å². The molecule has 1 aliphatic rings. The van der Waals surface area contributed by atoms with Gasteiger partial charge in [-0.05, 0) is 43.5 Å². The van der Waals surface area contributed by atoms with E-state index in [4.69, 9.17) is 4.74 Å². The minimum atomic E-state index is 0.297. The van der Waals surface area contributed by atoms with Gasteiger partial charge in [0.05, 0.1) is 11.6 Å². The van der Waals surface area contributed by atoms with E-state index in [1.54, 1.807) is 0 Å². The van der Waals surface area contributed by atoms with Crippen molar-refractivity contribution < 1.29 is 4.74 Å². The molecule has 1 aromatic heterocycles. The predicted molar refractivity (Wildman–Crippen MR) is 64.4 cm³/mol. The second kappa shape index (κ2) is 3.87. The third-order valence-corrected chi connectivity index (χ3v) is 3.15. The summed E-state index contributed by atoms with van der Waals surface area (Å²) in [6, 6.07) is 10.6. The zero-order valence-electron chi connectivity index (χ0n) is 9.44. The van der Waals surface area contributed by atoms with Gasteiger partial charge in [0.2, 0.25) is 0 Å². The zero-order chi connectivity index (χ0) is 11.0. The first-order chi connectivity index (χ1) is 7.83. The van der Waals surface area contributed by atoms with Gasteiger partial charge in [-0.2, -0.15) is 0 Å². The number of ether oxygens (including phenoxy) is 1. The quantitative estimate of drug-likeness (QED) is 0.724. The number of rotatable bonds is 1. The highest BCUT2D eigenvalue weighted by atomic mass is 16.5. The topological polar surface area (TPSA) is 22.1 Å². The number of nitrogens with zero attached hydrogens (tertiary/aromatic N) is 1. The molecule has 0 bridgehead atoms. The highest BCUT2D eigenvalue weighted by molar-refractivity contribution is 5.79. The molecule has 1 fully saturated rings. The van der Waals surface area contributed by atoms with E-state index in [1.165, 1.54) is 17.4 Å². The second-order valence-electron chi connectivity index (χ2n) is 4.41. The first-order valence-corrected chi connectivity index (χ1v) is 5.82. The molecule has 0 spiro atoms. The third kappa shape index (κ3) is 1.69. The van der Waals surface area contributed by atoms with Gasteiger partial charge in [0, 0.05) is 17.7 Å². The lowest BCUT2D eigenvalue weighted by Crippen LogP contribution is -1.95. The molecule has 2 heterocycles. The van der Waals surface area contributed by atoms with Crippen molar-refractivity contribution in [3.63, 3.8) is 0 Å². The first kappa shape index (κ1) is 9.79.